The lowest BCUT2D eigenvalue weighted by Crippen LogP contribution is -2.48. The molecule has 0 unspecified atom stereocenters. The Hall–Kier alpha value is -3.65. The van der Waals surface area contributed by atoms with E-state index >= 15 is 0 Å². The number of amides is 2. The van der Waals surface area contributed by atoms with Crippen molar-refractivity contribution in [2.75, 3.05) is 6.61 Å². The fourth-order valence-corrected chi connectivity index (χ4v) is 2.95. The van der Waals surface area contributed by atoms with Crippen LogP contribution in [-0.4, -0.2) is 28.1 Å². The summed E-state index contributed by atoms with van der Waals surface area (Å²) in [5.74, 6) is 0.0676. The van der Waals surface area contributed by atoms with Crippen LogP contribution in [0.25, 0.3) is 17.0 Å². The molecule has 0 aliphatic carbocycles. The largest absolute Gasteiger partial charge is 0.494 e. The molecule has 0 saturated carbocycles. The summed E-state index contributed by atoms with van der Waals surface area (Å²) >= 11 is 5.04. The lowest BCUT2D eigenvalue weighted by Gasteiger charge is -2.10. The number of hydrogen-bond acceptors (Lipinski definition) is 4. The minimum atomic E-state index is -0.410. The maximum Gasteiger partial charge on any atom is 0.258 e. The van der Waals surface area contributed by atoms with Gasteiger partial charge in [-0.15, -0.1) is 0 Å². The average molecular weight is 423 g/mol. The third-order valence-electron chi connectivity index (χ3n) is 4.16. The molecule has 154 valence electrons. The molecule has 30 heavy (non-hydrogen) atoms. The maximum atomic E-state index is 12.1. The molecule has 1 heterocycles. The van der Waals surface area contributed by atoms with Crippen molar-refractivity contribution >= 4 is 46.1 Å². The summed E-state index contributed by atoms with van der Waals surface area (Å²) in [5.41, 5.74) is 6.82. The van der Waals surface area contributed by atoms with Gasteiger partial charge in [0.1, 0.15) is 12.3 Å². The molecule has 0 spiro atoms. The molecule has 2 amide bonds. The van der Waals surface area contributed by atoms with Gasteiger partial charge in [-0.1, -0.05) is 30.3 Å². The van der Waals surface area contributed by atoms with Crippen LogP contribution in [0.5, 0.6) is 5.75 Å². The molecule has 0 aliphatic heterocycles. The molecule has 0 fully saturated rings. The highest BCUT2D eigenvalue weighted by molar-refractivity contribution is 7.80. The number of nitrogens with one attached hydrogen (secondary N) is 3. The van der Waals surface area contributed by atoms with Gasteiger partial charge < -0.3 is 9.30 Å². The summed E-state index contributed by atoms with van der Waals surface area (Å²) in [6.07, 6.45) is 4.86. The second-order valence-corrected chi connectivity index (χ2v) is 6.74. The van der Waals surface area contributed by atoms with Gasteiger partial charge in [0.05, 0.1) is 6.61 Å². The molecule has 0 atom stereocenters. The predicted molar refractivity (Wildman–Crippen MR) is 121 cm³/mol. The summed E-state index contributed by atoms with van der Waals surface area (Å²) in [6.45, 7) is 2.63. The van der Waals surface area contributed by atoms with Gasteiger partial charge in [0.25, 0.3) is 5.91 Å². The second kappa shape index (κ2) is 10.2. The highest BCUT2D eigenvalue weighted by atomic mass is 32.1. The van der Waals surface area contributed by atoms with E-state index in [1.165, 1.54) is 6.08 Å². The molecular formula is C22H22N4O3S. The summed E-state index contributed by atoms with van der Waals surface area (Å²) < 4.78 is 7.20. The average Bonchev–Trinajstić information content (AvgIpc) is 3.15. The first-order valence-corrected chi connectivity index (χ1v) is 9.80. The monoisotopic (exact) mass is 422 g/mol. The van der Waals surface area contributed by atoms with Crippen LogP contribution < -0.4 is 20.9 Å². The zero-order valence-electron chi connectivity index (χ0n) is 16.4. The molecule has 3 aromatic rings. The van der Waals surface area contributed by atoms with Crippen LogP contribution in [0.15, 0.2) is 66.9 Å². The molecule has 7 nitrogen and oxygen atoms in total. The summed E-state index contributed by atoms with van der Waals surface area (Å²) in [5, 5.41) is 3.53. The van der Waals surface area contributed by atoms with Crippen molar-refractivity contribution < 1.29 is 14.3 Å². The first-order chi connectivity index (χ1) is 14.5. The Bertz CT molecular complexity index is 1070. The molecule has 3 rings (SSSR count). The van der Waals surface area contributed by atoms with Crippen LogP contribution in [0.4, 0.5) is 0 Å². The van der Waals surface area contributed by atoms with Crippen molar-refractivity contribution in [2.45, 2.75) is 13.5 Å². The van der Waals surface area contributed by atoms with Crippen molar-refractivity contribution in [2.24, 2.45) is 0 Å². The molecule has 0 bridgehead atoms. The van der Waals surface area contributed by atoms with Crippen molar-refractivity contribution in [1.82, 2.24) is 20.7 Å². The number of aromatic nitrogens is 1. The van der Waals surface area contributed by atoms with Crippen molar-refractivity contribution in [1.29, 1.82) is 0 Å². The van der Waals surface area contributed by atoms with Gasteiger partial charge in [-0.05, 0) is 60.4 Å². The number of carbonyl (C=O) groups is 2. The Kier molecular flexibility index (Phi) is 7.18. The number of fused-ring (bicyclic) bond motifs is 1. The van der Waals surface area contributed by atoms with E-state index in [0.717, 1.165) is 22.2 Å². The highest BCUT2D eigenvalue weighted by Crippen LogP contribution is 2.14. The normalized spacial score (nSPS) is 10.7. The summed E-state index contributed by atoms with van der Waals surface area (Å²) in [6, 6.07) is 17.1. The Labute approximate surface area is 179 Å². The van der Waals surface area contributed by atoms with E-state index in [0.29, 0.717) is 6.61 Å². The minimum absolute atomic E-state index is 0.00191. The topological polar surface area (TPSA) is 84.4 Å². The number of nitrogens with zero attached hydrogens (tertiary/aromatic N) is 1. The van der Waals surface area contributed by atoms with Gasteiger partial charge in [-0.25, -0.2) is 0 Å². The highest BCUT2D eigenvalue weighted by Gasteiger charge is 2.07. The van der Waals surface area contributed by atoms with Gasteiger partial charge in [-0.3, -0.25) is 25.8 Å². The predicted octanol–water partition coefficient (Wildman–Crippen LogP) is 2.78. The zero-order valence-corrected chi connectivity index (χ0v) is 17.2. The molecule has 1 aromatic heterocycles. The van der Waals surface area contributed by atoms with Crippen molar-refractivity contribution in [3.63, 3.8) is 0 Å². The van der Waals surface area contributed by atoms with Gasteiger partial charge in [0, 0.05) is 17.8 Å². The zero-order chi connectivity index (χ0) is 21.3. The van der Waals surface area contributed by atoms with Gasteiger partial charge in [0.15, 0.2) is 5.11 Å². The van der Waals surface area contributed by atoms with Crippen molar-refractivity contribution in [3.8, 4) is 5.75 Å². The molecule has 8 heteroatoms. The first kappa shape index (κ1) is 21.1. The number of thiocarbonyl (C=S) groups is 1. The number of benzene rings is 2. The third kappa shape index (κ3) is 5.92. The lowest BCUT2D eigenvalue weighted by molar-refractivity contribution is -0.122. The number of rotatable bonds is 6. The summed E-state index contributed by atoms with van der Waals surface area (Å²) in [7, 11) is 0. The number of carbonyl (C=O) groups excluding carboxylic acids is 2. The molecule has 0 aliphatic rings. The van der Waals surface area contributed by atoms with E-state index < -0.39 is 5.91 Å². The number of ether oxygens (including phenoxy) is 1. The molecule has 2 aromatic carbocycles. The van der Waals surface area contributed by atoms with E-state index in [9.17, 15) is 9.59 Å². The standard InChI is InChI=1S/C22H22N4O3S/c1-2-29-18-10-7-16(8-11-18)9-12-20(27)23-22(30)25-24-21(28)15-26-14-13-17-5-3-4-6-19(17)26/h3-14H,2,15H2,1H3,(H,24,28)(H2,23,25,27,30)/b12-9+. The summed E-state index contributed by atoms with van der Waals surface area (Å²) in [4.78, 5) is 24.1. The smallest absolute Gasteiger partial charge is 0.258 e. The van der Waals surface area contributed by atoms with Gasteiger partial charge in [-0.2, -0.15) is 0 Å². The lowest BCUT2D eigenvalue weighted by atomic mass is 10.2. The van der Waals surface area contributed by atoms with E-state index in [-0.39, 0.29) is 17.6 Å². The van der Waals surface area contributed by atoms with E-state index in [2.05, 4.69) is 16.2 Å². The molecule has 3 N–H and O–H groups in total. The van der Waals surface area contributed by atoms with Crippen LogP contribution in [0, 0.1) is 0 Å². The third-order valence-corrected chi connectivity index (χ3v) is 4.37. The van der Waals surface area contributed by atoms with Crippen LogP contribution in [0.3, 0.4) is 0 Å². The Morgan fingerprint density at radius 3 is 2.60 bits per heavy atom. The Morgan fingerprint density at radius 1 is 1.07 bits per heavy atom. The quantitative estimate of drug-likeness (QED) is 0.323. The first-order valence-electron chi connectivity index (χ1n) is 9.40. The molecular weight excluding hydrogens is 400 g/mol. The minimum Gasteiger partial charge on any atom is -0.494 e. The van der Waals surface area contributed by atoms with Crippen LogP contribution >= 0.6 is 12.2 Å². The van der Waals surface area contributed by atoms with Crippen LogP contribution in [-0.2, 0) is 16.1 Å². The fourth-order valence-electron chi connectivity index (χ4n) is 2.80. The molecule has 0 radical (unpaired) electrons. The van der Waals surface area contributed by atoms with Gasteiger partial charge in [0.2, 0.25) is 5.91 Å². The Balaban J connectivity index is 1.43. The second-order valence-electron chi connectivity index (χ2n) is 6.33. The number of hydrazine groups is 1. The van der Waals surface area contributed by atoms with E-state index in [4.69, 9.17) is 17.0 Å². The number of hydrogen-bond donors (Lipinski definition) is 3. The van der Waals surface area contributed by atoms with E-state index in [1.54, 1.807) is 6.08 Å². The van der Waals surface area contributed by atoms with Crippen molar-refractivity contribution in [3.05, 3.63) is 72.4 Å². The SMILES string of the molecule is CCOc1ccc(/C=C/C(=O)NC(=S)NNC(=O)Cn2ccc3ccccc32)cc1. The Morgan fingerprint density at radius 2 is 1.83 bits per heavy atom. The molecule has 0 saturated heterocycles. The fraction of sp³-hybridized carbons (Fsp3) is 0.136. The maximum absolute atomic E-state index is 12.1. The van der Waals surface area contributed by atoms with Crippen LogP contribution in [0.1, 0.15) is 12.5 Å². The van der Waals surface area contributed by atoms with Crippen LogP contribution in [0.2, 0.25) is 0 Å². The van der Waals surface area contributed by atoms with Gasteiger partial charge >= 0.3 is 0 Å². The van der Waals surface area contributed by atoms with E-state index in [1.807, 2.05) is 72.3 Å². The number of para-hydroxylation sites is 1.